The molecule has 136 valence electrons. The summed E-state index contributed by atoms with van der Waals surface area (Å²) in [4.78, 5) is 28.7. The first kappa shape index (κ1) is 21.9. The van der Waals surface area contributed by atoms with Crippen LogP contribution in [0.25, 0.3) is 0 Å². The van der Waals surface area contributed by atoms with Crippen LogP contribution in [0.3, 0.4) is 0 Å². The molecule has 0 heterocycles. The first-order valence-electron chi connectivity index (χ1n) is 8.95. The first-order chi connectivity index (χ1) is 10.3. The molecule has 23 heavy (non-hydrogen) atoms. The molecule has 1 unspecified atom stereocenters. The molecule has 1 atom stereocenters. The molecular formula is C19H38N2O2. The molecule has 0 spiro atoms. The molecule has 2 amide bonds. The Hall–Kier alpha value is -1.06. The Morgan fingerprint density at radius 2 is 1.22 bits per heavy atom. The monoisotopic (exact) mass is 326 g/mol. The fourth-order valence-corrected chi connectivity index (χ4v) is 3.06. The van der Waals surface area contributed by atoms with Gasteiger partial charge in [-0.1, -0.05) is 6.92 Å². The summed E-state index contributed by atoms with van der Waals surface area (Å²) in [5.41, 5.74) is -0.289. The molecule has 0 radical (unpaired) electrons. The average Bonchev–Trinajstić information content (AvgIpc) is 2.34. The van der Waals surface area contributed by atoms with Crippen LogP contribution in [0.15, 0.2) is 0 Å². The number of rotatable bonds is 7. The average molecular weight is 327 g/mol. The minimum Gasteiger partial charge on any atom is -0.338 e. The number of nitrogens with zero attached hydrogens (tertiary/aromatic N) is 2. The molecule has 0 aromatic carbocycles. The largest absolute Gasteiger partial charge is 0.338 e. The molecule has 0 aromatic heterocycles. The molecule has 0 bridgehead atoms. The van der Waals surface area contributed by atoms with Crippen molar-refractivity contribution in [2.75, 3.05) is 13.1 Å². The van der Waals surface area contributed by atoms with Gasteiger partial charge in [-0.3, -0.25) is 9.59 Å². The third kappa shape index (κ3) is 7.36. The van der Waals surface area contributed by atoms with E-state index in [9.17, 15) is 9.59 Å². The number of carbonyl (C=O) groups excluding carboxylic acids is 2. The Balaban J connectivity index is 4.54. The molecule has 0 aliphatic rings. The SMILES string of the molecule is CCN(C(=O)CCC(C)CC(=O)N(CC)C(C)(C)C)C(C)(C)C. The van der Waals surface area contributed by atoms with E-state index in [1.54, 1.807) is 0 Å². The maximum absolute atomic E-state index is 12.5. The Kier molecular flexibility index (Phi) is 8.30. The Bertz CT molecular complexity index is 391. The predicted octanol–water partition coefficient (Wildman–Crippen LogP) is 4.09. The Labute approximate surface area is 143 Å². The Morgan fingerprint density at radius 3 is 1.57 bits per heavy atom. The van der Waals surface area contributed by atoms with Gasteiger partial charge in [-0.25, -0.2) is 0 Å². The van der Waals surface area contributed by atoms with Gasteiger partial charge < -0.3 is 9.80 Å². The molecular weight excluding hydrogens is 288 g/mol. The molecule has 0 fully saturated rings. The van der Waals surface area contributed by atoms with E-state index in [0.29, 0.717) is 12.8 Å². The van der Waals surface area contributed by atoms with Crippen LogP contribution in [0.5, 0.6) is 0 Å². The highest BCUT2D eigenvalue weighted by atomic mass is 16.2. The second kappa shape index (κ2) is 8.70. The summed E-state index contributed by atoms with van der Waals surface area (Å²) in [7, 11) is 0. The van der Waals surface area contributed by atoms with Crippen molar-refractivity contribution in [3.63, 3.8) is 0 Å². The number of hydrogen-bond acceptors (Lipinski definition) is 2. The van der Waals surface area contributed by atoms with Crippen LogP contribution >= 0.6 is 0 Å². The highest BCUT2D eigenvalue weighted by Crippen LogP contribution is 2.20. The molecule has 0 aliphatic carbocycles. The number of carbonyl (C=O) groups is 2. The zero-order valence-electron chi connectivity index (χ0n) is 16.8. The van der Waals surface area contributed by atoms with Crippen molar-refractivity contribution < 1.29 is 9.59 Å². The minimum absolute atomic E-state index is 0.143. The van der Waals surface area contributed by atoms with Gasteiger partial charge in [-0.05, 0) is 67.7 Å². The minimum atomic E-state index is -0.146. The van der Waals surface area contributed by atoms with Crippen LogP contribution in [0.1, 0.15) is 81.6 Å². The van der Waals surface area contributed by atoms with Crippen molar-refractivity contribution in [1.82, 2.24) is 9.80 Å². The molecule has 0 rings (SSSR count). The van der Waals surface area contributed by atoms with Crippen molar-refractivity contribution in [3.05, 3.63) is 0 Å². The summed E-state index contributed by atoms with van der Waals surface area (Å²) >= 11 is 0. The van der Waals surface area contributed by atoms with E-state index in [1.165, 1.54) is 0 Å². The van der Waals surface area contributed by atoms with Crippen LogP contribution in [0.4, 0.5) is 0 Å². The third-order valence-electron chi connectivity index (χ3n) is 4.23. The van der Waals surface area contributed by atoms with Gasteiger partial charge in [0.15, 0.2) is 0 Å². The zero-order chi connectivity index (χ0) is 18.4. The van der Waals surface area contributed by atoms with E-state index < -0.39 is 0 Å². The Morgan fingerprint density at radius 1 is 0.826 bits per heavy atom. The van der Waals surface area contributed by atoms with Gasteiger partial charge in [0.1, 0.15) is 0 Å². The zero-order valence-corrected chi connectivity index (χ0v) is 16.8. The summed E-state index contributed by atoms with van der Waals surface area (Å²) in [6.07, 6.45) is 1.79. The van der Waals surface area contributed by atoms with Gasteiger partial charge in [-0.15, -0.1) is 0 Å². The van der Waals surface area contributed by atoms with E-state index in [-0.39, 0.29) is 28.8 Å². The summed E-state index contributed by atoms with van der Waals surface area (Å²) in [6.45, 7) is 19.9. The summed E-state index contributed by atoms with van der Waals surface area (Å²) in [5, 5.41) is 0. The van der Waals surface area contributed by atoms with Crippen LogP contribution < -0.4 is 0 Å². The number of hydrogen-bond donors (Lipinski definition) is 0. The van der Waals surface area contributed by atoms with Crippen LogP contribution in [0.2, 0.25) is 0 Å². The summed E-state index contributed by atoms with van der Waals surface area (Å²) < 4.78 is 0. The van der Waals surface area contributed by atoms with Crippen molar-refractivity contribution in [1.29, 1.82) is 0 Å². The fraction of sp³-hybridized carbons (Fsp3) is 0.895. The normalized spacial score (nSPS) is 13.6. The molecule has 0 N–H and O–H groups in total. The smallest absolute Gasteiger partial charge is 0.223 e. The lowest BCUT2D eigenvalue weighted by Gasteiger charge is -2.36. The molecule has 0 saturated carbocycles. The second-order valence-corrected chi connectivity index (χ2v) is 8.47. The maximum Gasteiger partial charge on any atom is 0.223 e. The van der Waals surface area contributed by atoms with Gasteiger partial charge in [0.05, 0.1) is 0 Å². The van der Waals surface area contributed by atoms with E-state index >= 15 is 0 Å². The lowest BCUT2D eigenvalue weighted by atomic mass is 9.97. The van der Waals surface area contributed by atoms with Crippen LogP contribution in [-0.4, -0.2) is 45.8 Å². The predicted molar refractivity (Wildman–Crippen MR) is 97.3 cm³/mol. The van der Waals surface area contributed by atoms with Gasteiger partial charge in [0.2, 0.25) is 11.8 Å². The van der Waals surface area contributed by atoms with Gasteiger partial charge in [-0.2, -0.15) is 0 Å². The molecule has 0 aromatic rings. The quantitative estimate of drug-likeness (QED) is 0.707. The van der Waals surface area contributed by atoms with Crippen molar-refractivity contribution >= 4 is 11.8 Å². The standard InChI is InChI=1S/C19H38N2O2/c1-10-20(18(4,5)6)16(22)13-12-15(3)14-17(23)21(11-2)19(7,8)9/h15H,10-14H2,1-9H3. The number of amides is 2. The highest BCUT2D eigenvalue weighted by molar-refractivity contribution is 5.78. The lowest BCUT2D eigenvalue weighted by Crippen LogP contribution is -2.46. The van der Waals surface area contributed by atoms with Gasteiger partial charge in [0, 0.05) is 37.0 Å². The molecule has 0 aliphatic heterocycles. The van der Waals surface area contributed by atoms with E-state index in [0.717, 1.165) is 19.5 Å². The van der Waals surface area contributed by atoms with Gasteiger partial charge in [0.25, 0.3) is 0 Å². The van der Waals surface area contributed by atoms with Crippen molar-refractivity contribution in [3.8, 4) is 0 Å². The van der Waals surface area contributed by atoms with E-state index in [2.05, 4.69) is 48.5 Å². The molecule has 4 nitrogen and oxygen atoms in total. The second-order valence-electron chi connectivity index (χ2n) is 8.47. The first-order valence-corrected chi connectivity index (χ1v) is 8.95. The van der Waals surface area contributed by atoms with E-state index in [1.807, 2.05) is 23.6 Å². The summed E-state index contributed by atoms with van der Waals surface area (Å²) in [5.74, 6) is 0.590. The summed E-state index contributed by atoms with van der Waals surface area (Å²) in [6, 6.07) is 0. The van der Waals surface area contributed by atoms with Crippen LogP contribution in [-0.2, 0) is 9.59 Å². The topological polar surface area (TPSA) is 40.6 Å². The highest BCUT2D eigenvalue weighted by Gasteiger charge is 2.27. The van der Waals surface area contributed by atoms with E-state index in [4.69, 9.17) is 0 Å². The maximum atomic E-state index is 12.5. The third-order valence-corrected chi connectivity index (χ3v) is 4.23. The van der Waals surface area contributed by atoms with Crippen molar-refractivity contribution in [2.45, 2.75) is 92.7 Å². The van der Waals surface area contributed by atoms with Gasteiger partial charge >= 0.3 is 0 Å². The van der Waals surface area contributed by atoms with Crippen molar-refractivity contribution in [2.24, 2.45) is 5.92 Å². The fourth-order valence-electron chi connectivity index (χ4n) is 3.06. The molecule has 0 saturated heterocycles. The van der Waals surface area contributed by atoms with Crippen LogP contribution in [0, 0.1) is 5.92 Å². The molecule has 4 heteroatoms. The lowest BCUT2D eigenvalue weighted by molar-refractivity contribution is -0.138.